The first kappa shape index (κ1) is 17.9. The van der Waals surface area contributed by atoms with Gasteiger partial charge in [-0.3, -0.25) is 4.79 Å². The third kappa shape index (κ3) is 5.29. The minimum absolute atomic E-state index is 0.0785. The van der Waals surface area contributed by atoms with Crippen molar-refractivity contribution in [1.29, 1.82) is 0 Å². The molecule has 2 rings (SSSR count). The number of hydrogen-bond acceptors (Lipinski definition) is 3. The van der Waals surface area contributed by atoms with E-state index in [1.807, 2.05) is 17.9 Å². The number of rotatable bonds is 8. The molecule has 1 aliphatic heterocycles. The van der Waals surface area contributed by atoms with E-state index in [2.05, 4.69) is 6.92 Å². The molecule has 0 radical (unpaired) electrons. The Balaban J connectivity index is 1.90. The summed E-state index contributed by atoms with van der Waals surface area (Å²) in [5.41, 5.74) is 0.649. The lowest BCUT2D eigenvalue weighted by Crippen LogP contribution is -2.40. The predicted octanol–water partition coefficient (Wildman–Crippen LogP) is 3.15. The lowest BCUT2D eigenvalue weighted by molar-refractivity contribution is -0.135. The fourth-order valence-electron chi connectivity index (χ4n) is 2.71. The zero-order chi connectivity index (χ0) is 16.7. The van der Waals surface area contributed by atoms with Crippen LogP contribution < -0.4 is 0 Å². The number of hydrogen-bond donors (Lipinski definition) is 0. The summed E-state index contributed by atoms with van der Waals surface area (Å²) in [6.07, 6.45) is 2.11. The van der Waals surface area contributed by atoms with Crippen LogP contribution in [0.15, 0.2) is 24.3 Å². The largest absolute Gasteiger partial charge is 0.350 e. The summed E-state index contributed by atoms with van der Waals surface area (Å²) in [4.78, 5) is 14.4. The quantitative estimate of drug-likeness (QED) is 0.738. The average Bonchev–Trinajstić information content (AvgIpc) is 3.07. The second kappa shape index (κ2) is 8.99. The zero-order valence-corrected chi connectivity index (χ0v) is 14.0. The van der Waals surface area contributed by atoms with E-state index in [-0.39, 0.29) is 24.1 Å². The van der Waals surface area contributed by atoms with E-state index < -0.39 is 0 Å². The molecule has 1 fully saturated rings. The molecule has 0 N–H and O–H groups in total. The Labute approximate surface area is 137 Å². The highest BCUT2D eigenvalue weighted by Gasteiger charge is 2.22. The number of carbonyl (C=O) groups is 1. The van der Waals surface area contributed by atoms with Crippen LogP contribution in [0.2, 0.25) is 0 Å². The van der Waals surface area contributed by atoms with E-state index in [1.54, 1.807) is 12.1 Å². The molecule has 5 heteroatoms. The van der Waals surface area contributed by atoms with Crippen LogP contribution in [0.1, 0.15) is 38.7 Å². The first-order chi connectivity index (χ1) is 11.1. The topological polar surface area (TPSA) is 38.8 Å². The molecule has 1 aromatic rings. The highest BCUT2D eigenvalue weighted by Crippen LogP contribution is 2.15. The van der Waals surface area contributed by atoms with Crippen LogP contribution in [0.4, 0.5) is 4.39 Å². The summed E-state index contributed by atoms with van der Waals surface area (Å²) in [7, 11) is 0. The van der Waals surface area contributed by atoms with Gasteiger partial charge in [0.05, 0.1) is 13.2 Å². The predicted molar refractivity (Wildman–Crippen MR) is 86.5 cm³/mol. The highest BCUT2D eigenvalue weighted by molar-refractivity contribution is 5.76. The van der Waals surface area contributed by atoms with Gasteiger partial charge in [-0.25, -0.2) is 4.39 Å². The molecular weight excluding hydrogens is 297 g/mol. The molecular formula is C18H26FNO3. The number of ether oxygens (including phenoxy) is 2. The standard InChI is InChI=1S/C18H26FNO3/c1-3-14(2)20(11-10-15-6-4-5-7-16(15)19)17(21)8-9-18-22-12-13-23-18/h4-7,14,18H,3,8-13H2,1-2H3. The van der Waals surface area contributed by atoms with E-state index in [4.69, 9.17) is 9.47 Å². The normalized spacial score (nSPS) is 16.5. The van der Waals surface area contributed by atoms with Crippen molar-refractivity contribution in [2.45, 2.75) is 51.9 Å². The lowest BCUT2D eigenvalue weighted by Gasteiger charge is -2.29. The van der Waals surface area contributed by atoms with Crippen molar-refractivity contribution >= 4 is 5.91 Å². The first-order valence-corrected chi connectivity index (χ1v) is 8.38. The number of amides is 1. The molecule has 128 valence electrons. The molecule has 4 nitrogen and oxygen atoms in total. The summed E-state index contributed by atoms with van der Waals surface area (Å²) in [5.74, 6) is -0.133. The van der Waals surface area contributed by atoms with Crippen LogP contribution in [0.5, 0.6) is 0 Å². The van der Waals surface area contributed by atoms with Gasteiger partial charge in [-0.2, -0.15) is 0 Å². The smallest absolute Gasteiger partial charge is 0.223 e. The van der Waals surface area contributed by atoms with Gasteiger partial charge in [0.2, 0.25) is 5.91 Å². The fourth-order valence-corrected chi connectivity index (χ4v) is 2.71. The van der Waals surface area contributed by atoms with Crippen molar-refractivity contribution in [2.24, 2.45) is 0 Å². The Morgan fingerprint density at radius 3 is 2.70 bits per heavy atom. The molecule has 1 aromatic carbocycles. The maximum absolute atomic E-state index is 13.7. The van der Waals surface area contributed by atoms with E-state index >= 15 is 0 Å². The summed E-state index contributed by atoms with van der Waals surface area (Å²) in [6, 6.07) is 6.87. The Kier molecular flexibility index (Phi) is 6.99. The van der Waals surface area contributed by atoms with E-state index in [9.17, 15) is 9.18 Å². The minimum atomic E-state index is -0.260. The van der Waals surface area contributed by atoms with E-state index in [1.165, 1.54) is 6.07 Å². The number of carbonyl (C=O) groups excluding carboxylic acids is 1. The van der Waals surface area contributed by atoms with Gasteiger partial charge in [-0.05, 0) is 31.4 Å². The monoisotopic (exact) mass is 323 g/mol. The molecule has 0 spiro atoms. The summed E-state index contributed by atoms with van der Waals surface area (Å²) in [5, 5.41) is 0. The van der Waals surface area contributed by atoms with Crippen molar-refractivity contribution in [3.63, 3.8) is 0 Å². The molecule has 1 atom stereocenters. The Bertz CT molecular complexity index is 503. The number of benzene rings is 1. The van der Waals surface area contributed by atoms with Gasteiger partial charge in [-0.1, -0.05) is 25.1 Å². The van der Waals surface area contributed by atoms with Crippen molar-refractivity contribution < 1.29 is 18.7 Å². The second-order valence-electron chi connectivity index (χ2n) is 5.90. The summed E-state index contributed by atoms with van der Waals surface area (Å²) >= 11 is 0. The van der Waals surface area contributed by atoms with Gasteiger partial charge in [0, 0.05) is 25.4 Å². The number of nitrogens with zero attached hydrogens (tertiary/aromatic N) is 1. The molecule has 1 unspecified atom stereocenters. The highest BCUT2D eigenvalue weighted by atomic mass is 19.1. The van der Waals surface area contributed by atoms with Gasteiger partial charge in [-0.15, -0.1) is 0 Å². The Hall–Kier alpha value is -1.46. The second-order valence-corrected chi connectivity index (χ2v) is 5.90. The minimum Gasteiger partial charge on any atom is -0.350 e. The van der Waals surface area contributed by atoms with Crippen molar-refractivity contribution in [2.75, 3.05) is 19.8 Å². The molecule has 1 heterocycles. The van der Waals surface area contributed by atoms with Crippen LogP contribution in [0.25, 0.3) is 0 Å². The molecule has 0 saturated carbocycles. The third-order valence-electron chi connectivity index (χ3n) is 4.31. The summed E-state index contributed by atoms with van der Waals surface area (Å²) in [6.45, 7) is 5.81. The van der Waals surface area contributed by atoms with Crippen molar-refractivity contribution in [3.05, 3.63) is 35.6 Å². The molecule has 1 saturated heterocycles. The van der Waals surface area contributed by atoms with Crippen LogP contribution >= 0.6 is 0 Å². The fraction of sp³-hybridized carbons (Fsp3) is 0.611. The van der Waals surface area contributed by atoms with Crippen molar-refractivity contribution in [3.8, 4) is 0 Å². The van der Waals surface area contributed by atoms with Crippen LogP contribution in [-0.4, -0.2) is 42.9 Å². The average molecular weight is 323 g/mol. The summed E-state index contributed by atoms with van der Waals surface area (Å²) < 4.78 is 24.5. The molecule has 0 aromatic heterocycles. The van der Waals surface area contributed by atoms with E-state index in [0.717, 1.165) is 6.42 Å². The maximum Gasteiger partial charge on any atom is 0.223 e. The Morgan fingerprint density at radius 1 is 1.35 bits per heavy atom. The Morgan fingerprint density at radius 2 is 2.04 bits per heavy atom. The van der Waals surface area contributed by atoms with Gasteiger partial charge in [0.1, 0.15) is 5.82 Å². The molecule has 0 aliphatic carbocycles. The maximum atomic E-state index is 13.7. The third-order valence-corrected chi connectivity index (χ3v) is 4.31. The molecule has 23 heavy (non-hydrogen) atoms. The first-order valence-electron chi connectivity index (χ1n) is 8.38. The van der Waals surface area contributed by atoms with E-state index in [0.29, 0.717) is 44.6 Å². The molecule has 1 amide bonds. The van der Waals surface area contributed by atoms with Gasteiger partial charge in [0.25, 0.3) is 0 Å². The lowest BCUT2D eigenvalue weighted by atomic mass is 10.1. The molecule has 1 aliphatic rings. The van der Waals surface area contributed by atoms with Gasteiger partial charge in [0.15, 0.2) is 6.29 Å². The van der Waals surface area contributed by atoms with Gasteiger partial charge >= 0.3 is 0 Å². The van der Waals surface area contributed by atoms with Gasteiger partial charge < -0.3 is 14.4 Å². The number of halogens is 1. The zero-order valence-electron chi connectivity index (χ0n) is 14.0. The van der Waals surface area contributed by atoms with Crippen LogP contribution in [0.3, 0.4) is 0 Å². The molecule has 0 bridgehead atoms. The SMILES string of the molecule is CCC(C)N(CCc1ccccc1F)C(=O)CCC1OCCO1. The van der Waals surface area contributed by atoms with Crippen LogP contribution in [-0.2, 0) is 20.7 Å². The van der Waals surface area contributed by atoms with Crippen molar-refractivity contribution in [1.82, 2.24) is 4.90 Å². The van der Waals surface area contributed by atoms with Crippen LogP contribution in [0, 0.1) is 5.82 Å².